The van der Waals surface area contributed by atoms with E-state index >= 15 is 0 Å². The van der Waals surface area contributed by atoms with Gasteiger partial charge in [0.2, 0.25) is 0 Å². The predicted octanol–water partition coefficient (Wildman–Crippen LogP) is 4.08. The van der Waals surface area contributed by atoms with Crippen molar-refractivity contribution in [3.05, 3.63) is 89.9 Å². The van der Waals surface area contributed by atoms with Crippen molar-refractivity contribution in [2.24, 2.45) is 0 Å². The minimum Gasteiger partial charge on any atom is -0.463 e. The van der Waals surface area contributed by atoms with E-state index in [0.717, 1.165) is 23.4 Å². The molecule has 1 amide bonds. The third-order valence-corrected chi connectivity index (χ3v) is 4.92. The molecule has 1 aromatic heterocycles. The van der Waals surface area contributed by atoms with Crippen LogP contribution in [0.25, 0.3) is 0 Å². The van der Waals surface area contributed by atoms with Crippen molar-refractivity contribution in [2.45, 2.75) is 32.2 Å². The van der Waals surface area contributed by atoms with Crippen LogP contribution in [0.2, 0.25) is 0 Å². The fourth-order valence-electron chi connectivity index (χ4n) is 3.11. The quantitative estimate of drug-likeness (QED) is 0.633. The average molecular weight is 363 g/mol. The summed E-state index contributed by atoms with van der Waals surface area (Å²) >= 11 is 0. The van der Waals surface area contributed by atoms with Gasteiger partial charge in [-0.1, -0.05) is 56.3 Å². The van der Waals surface area contributed by atoms with Crippen molar-refractivity contribution < 1.29 is 14.5 Å². The van der Waals surface area contributed by atoms with E-state index in [1.165, 1.54) is 5.56 Å². The highest BCUT2D eigenvalue weighted by atomic mass is 16.3. The summed E-state index contributed by atoms with van der Waals surface area (Å²) < 4.78 is 5.58. The topological polar surface area (TPSA) is 58.9 Å². The molecule has 0 saturated heterocycles. The Morgan fingerprint density at radius 3 is 2.37 bits per heavy atom. The first-order valence-electron chi connectivity index (χ1n) is 9.49. The Hall–Kier alpha value is -2.85. The molecule has 0 radical (unpaired) electrons. The molecule has 3 rings (SSSR count). The summed E-state index contributed by atoms with van der Waals surface area (Å²) in [5, 5.41) is 4.97. The van der Waals surface area contributed by atoms with E-state index in [0.29, 0.717) is 12.5 Å². The fourth-order valence-corrected chi connectivity index (χ4v) is 3.11. The molecule has 1 heterocycles. The van der Waals surface area contributed by atoms with Gasteiger partial charge in [-0.05, 0) is 42.2 Å². The van der Waals surface area contributed by atoms with E-state index in [9.17, 15) is 4.79 Å². The standard InChI is InChI=1S/C23H26N2O2/c1-3-17(2)18-11-13-20(14-12-18)25-22(26)16-24-23(21-10-7-15-27-21)19-8-5-4-6-9-19/h4-15,17,23-24H,3,16H2,1-2H3,(H,25,26)/p+1/t17-,23-/m1/s1. The van der Waals surface area contributed by atoms with Gasteiger partial charge in [0.15, 0.2) is 18.3 Å². The number of benzene rings is 2. The SMILES string of the molecule is CC[C@@H](C)c1ccc(NC(=O)C[NH2+][C@H](c2ccccc2)c2ccco2)cc1. The molecule has 0 saturated carbocycles. The molecule has 0 aliphatic heterocycles. The molecule has 140 valence electrons. The van der Waals surface area contributed by atoms with Crippen LogP contribution in [-0.4, -0.2) is 12.5 Å². The minimum absolute atomic E-state index is 0.0289. The normalized spacial score (nSPS) is 13.1. The monoisotopic (exact) mass is 363 g/mol. The predicted molar refractivity (Wildman–Crippen MR) is 108 cm³/mol. The second kappa shape index (κ2) is 9.19. The first-order valence-corrected chi connectivity index (χ1v) is 9.49. The Bertz CT molecular complexity index is 827. The number of quaternary nitrogens is 1. The summed E-state index contributed by atoms with van der Waals surface area (Å²) in [7, 11) is 0. The van der Waals surface area contributed by atoms with Gasteiger partial charge in [0.05, 0.1) is 6.26 Å². The highest BCUT2D eigenvalue weighted by Crippen LogP contribution is 2.20. The van der Waals surface area contributed by atoms with Gasteiger partial charge in [0.25, 0.3) is 5.91 Å². The van der Waals surface area contributed by atoms with Gasteiger partial charge in [-0.3, -0.25) is 4.79 Å². The second-order valence-electron chi connectivity index (χ2n) is 6.82. The molecule has 2 atom stereocenters. The Kier molecular flexibility index (Phi) is 6.44. The molecule has 0 aliphatic rings. The number of furan rings is 1. The molecule has 2 aromatic carbocycles. The van der Waals surface area contributed by atoms with E-state index in [1.54, 1.807) is 6.26 Å². The van der Waals surface area contributed by atoms with Gasteiger partial charge in [-0.25, -0.2) is 0 Å². The smallest absolute Gasteiger partial charge is 0.279 e. The van der Waals surface area contributed by atoms with E-state index < -0.39 is 0 Å². The third kappa shape index (κ3) is 5.08. The van der Waals surface area contributed by atoms with Crippen LogP contribution in [0.5, 0.6) is 0 Å². The van der Waals surface area contributed by atoms with Crippen LogP contribution < -0.4 is 10.6 Å². The number of carbonyl (C=O) groups excluding carboxylic acids is 1. The summed E-state index contributed by atoms with van der Waals surface area (Å²) in [4.78, 5) is 12.4. The number of hydrogen-bond donors (Lipinski definition) is 2. The van der Waals surface area contributed by atoms with E-state index in [4.69, 9.17) is 4.42 Å². The van der Waals surface area contributed by atoms with Crippen molar-refractivity contribution >= 4 is 11.6 Å². The van der Waals surface area contributed by atoms with Gasteiger partial charge in [0.1, 0.15) is 0 Å². The molecule has 4 nitrogen and oxygen atoms in total. The van der Waals surface area contributed by atoms with Crippen LogP contribution in [0.3, 0.4) is 0 Å². The number of hydrogen-bond acceptors (Lipinski definition) is 2. The molecule has 0 unspecified atom stereocenters. The van der Waals surface area contributed by atoms with Crippen LogP contribution in [0, 0.1) is 0 Å². The molecule has 0 bridgehead atoms. The molecule has 4 heteroatoms. The van der Waals surface area contributed by atoms with Crippen molar-refractivity contribution in [1.29, 1.82) is 0 Å². The number of nitrogens with one attached hydrogen (secondary N) is 1. The minimum atomic E-state index is -0.0419. The zero-order valence-electron chi connectivity index (χ0n) is 15.9. The zero-order valence-corrected chi connectivity index (χ0v) is 15.9. The summed E-state index contributed by atoms with van der Waals surface area (Å²) in [5.74, 6) is 1.34. The summed E-state index contributed by atoms with van der Waals surface area (Å²) in [6.45, 7) is 4.70. The largest absolute Gasteiger partial charge is 0.463 e. The van der Waals surface area contributed by atoms with Gasteiger partial charge in [-0.2, -0.15) is 0 Å². The first-order chi connectivity index (χ1) is 13.2. The number of nitrogens with two attached hydrogens (primary N) is 1. The number of anilines is 1. The summed E-state index contributed by atoms with van der Waals surface area (Å²) in [6, 6.07) is 22.0. The Morgan fingerprint density at radius 2 is 1.74 bits per heavy atom. The maximum atomic E-state index is 12.4. The molecule has 3 N–H and O–H groups in total. The van der Waals surface area contributed by atoms with Crippen molar-refractivity contribution in [2.75, 3.05) is 11.9 Å². The molecule has 27 heavy (non-hydrogen) atoms. The lowest BCUT2D eigenvalue weighted by Gasteiger charge is -2.14. The first kappa shape index (κ1) is 18.9. The van der Waals surface area contributed by atoms with E-state index in [1.807, 2.05) is 47.8 Å². The fraction of sp³-hybridized carbons (Fsp3) is 0.261. The van der Waals surface area contributed by atoms with Gasteiger partial charge in [-0.15, -0.1) is 0 Å². The van der Waals surface area contributed by atoms with Crippen molar-refractivity contribution in [1.82, 2.24) is 0 Å². The maximum absolute atomic E-state index is 12.4. The summed E-state index contributed by atoms with van der Waals surface area (Å²) in [5.41, 5.74) is 3.23. The van der Waals surface area contributed by atoms with Gasteiger partial charge in [0, 0.05) is 11.3 Å². The van der Waals surface area contributed by atoms with Crippen LogP contribution in [0.15, 0.2) is 77.4 Å². The van der Waals surface area contributed by atoms with E-state index in [2.05, 4.69) is 43.4 Å². The molecule has 0 aliphatic carbocycles. The van der Waals surface area contributed by atoms with Crippen LogP contribution in [0.1, 0.15) is 49.1 Å². The molecular weight excluding hydrogens is 336 g/mol. The van der Waals surface area contributed by atoms with E-state index in [-0.39, 0.29) is 11.9 Å². The lowest BCUT2D eigenvalue weighted by atomic mass is 9.99. The van der Waals surface area contributed by atoms with Crippen LogP contribution in [-0.2, 0) is 4.79 Å². The Morgan fingerprint density at radius 1 is 1.00 bits per heavy atom. The van der Waals surface area contributed by atoms with Gasteiger partial charge < -0.3 is 15.1 Å². The number of carbonyl (C=O) groups is 1. The number of amides is 1. The average Bonchev–Trinajstić information content (AvgIpc) is 3.23. The highest BCUT2D eigenvalue weighted by Gasteiger charge is 2.21. The maximum Gasteiger partial charge on any atom is 0.279 e. The molecule has 0 fully saturated rings. The lowest BCUT2D eigenvalue weighted by molar-refractivity contribution is -0.678. The number of rotatable bonds is 8. The molecular formula is C23H27N2O2+. The third-order valence-electron chi connectivity index (χ3n) is 4.92. The van der Waals surface area contributed by atoms with Crippen molar-refractivity contribution in [3.8, 4) is 0 Å². The Labute approximate surface area is 160 Å². The van der Waals surface area contributed by atoms with Gasteiger partial charge >= 0.3 is 0 Å². The second-order valence-corrected chi connectivity index (χ2v) is 6.82. The van der Waals surface area contributed by atoms with Crippen molar-refractivity contribution in [3.63, 3.8) is 0 Å². The summed E-state index contributed by atoms with van der Waals surface area (Å²) in [6.07, 6.45) is 2.77. The molecule has 0 spiro atoms. The molecule has 3 aromatic rings. The van der Waals surface area contributed by atoms with Crippen LogP contribution in [0.4, 0.5) is 5.69 Å². The Balaban J connectivity index is 1.61. The lowest BCUT2D eigenvalue weighted by Crippen LogP contribution is -2.87. The zero-order chi connectivity index (χ0) is 19.1. The van der Waals surface area contributed by atoms with Crippen LogP contribution >= 0.6 is 0 Å². The highest BCUT2D eigenvalue weighted by molar-refractivity contribution is 5.91.